The highest BCUT2D eigenvalue weighted by atomic mass is 16.5. The van der Waals surface area contributed by atoms with Gasteiger partial charge in [-0.1, -0.05) is 12.8 Å². The van der Waals surface area contributed by atoms with E-state index in [0.717, 1.165) is 31.5 Å². The Hall–Kier alpha value is -1.56. The molecule has 2 heterocycles. The normalized spacial score (nSPS) is 23.6. The second-order valence-corrected chi connectivity index (χ2v) is 5.78. The average molecular weight is 278 g/mol. The molecule has 3 rings (SSSR count). The topological polar surface area (TPSA) is 84.2 Å². The first-order valence-electron chi connectivity index (χ1n) is 7.42. The number of aromatic amines is 1. The number of nitrogens with two attached hydrogens (primary N) is 1. The van der Waals surface area contributed by atoms with E-state index in [1.54, 1.807) is 6.20 Å². The number of carbonyl (C=O) groups excluding carboxylic acids is 1. The monoisotopic (exact) mass is 278 g/mol. The van der Waals surface area contributed by atoms with Crippen molar-refractivity contribution < 1.29 is 9.53 Å². The Kier molecular flexibility index (Phi) is 3.91. The molecule has 1 aliphatic carbocycles. The molecule has 6 heteroatoms. The quantitative estimate of drug-likeness (QED) is 0.868. The van der Waals surface area contributed by atoms with Crippen molar-refractivity contribution in [1.82, 2.24) is 15.1 Å². The second kappa shape index (κ2) is 5.83. The highest BCUT2D eigenvalue weighted by molar-refractivity contribution is 5.78. The van der Waals surface area contributed by atoms with Crippen molar-refractivity contribution in [3.8, 4) is 0 Å². The SMILES string of the molecule is Nc1cn[nH]c1C1CCN(C(=O)COC2CCCC2)C1. The van der Waals surface area contributed by atoms with Gasteiger partial charge in [-0.25, -0.2) is 0 Å². The Balaban J connectivity index is 1.49. The lowest BCUT2D eigenvalue weighted by Gasteiger charge is -2.18. The minimum atomic E-state index is 0.0949. The molecule has 1 atom stereocenters. The molecule has 1 aliphatic heterocycles. The summed E-state index contributed by atoms with van der Waals surface area (Å²) in [4.78, 5) is 14.0. The largest absolute Gasteiger partial charge is 0.396 e. The Morgan fingerprint density at radius 2 is 2.25 bits per heavy atom. The van der Waals surface area contributed by atoms with E-state index in [1.165, 1.54) is 12.8 Å². The van der Waals surface area contributed by atoms with Crippen LogP contribution in [0, 0.1) is 0 Å². The maximum absolute atomic E-state index is 12.1. The van der Waals surface area contributed by atoms with E-state index >= 15 is 0 Å². The second-order valence-electron chi connectivity index (χ2n) is 5.78. The number of amides is 1. The number of carbonyl (C=O) groups is 1. The van der Waals surface area contributed by atoms with E-state index < -0.39 is 0 Å². The first-order valence-corrected chi connectivity index (χ1v) is 7.42. The highest BCUT2D eigenvalue weighted by Gasteiger charge is 2.30. The van der Waals surface area contributed by atoms with Crippen LogP contribution in [0.25, 0.3) is 0 Å². The van der Waals surface area contributed by atoms with Crippen LogP contribution in [0.5, 0.6) is 0 Å². The molecule has 1 aromatic heterocycles. The number of ether oxygens (including phenoxy) is 1. The summed E-state index contributed by atoms with van der Waals surface area (Å²) in [5.41, 5.74) is 7.50. The van der Waals surface area contributed by atoms with Crippen LogP contribution in [0.4, 0.5) is 5.69 Å². The predicted molar refractivity (Wildman–Crippen MR) is 75.1 cm³/mol. The van der Waals surface area contributed by atoms with Gasteiger partial charge in [-0.3, -0.25) is 9.89 Å². The summed E-state index contributed by atoms with van der Waals surface area (Å²) in [6.07, 6.45) is 7.50. The number of anilines is 1. The van der Waals surface area contributed by atoms with Gasteiger partial charge in [0.05, 0.1) is 23.7 Å². The number of H-pyrrole nitrogens is 1. The fourth-order valence-corrected chi connectivity index (χ4v) is 3.19. The summed E-state index contributed by atoms with van der Waals surface area (Å²) >= 11 is 0. The summed E-state index contributed by atoms with van der Waals surface area (Å²) in [6.45, 7) is 1.70. The first kappa shape index (κ1) is 13.4. The van der Waals surface area contributed by atoms with Gasteiger partial charge in [-0.15, -0.1) is 0 Å². The Labute approximate surface area is 118 Å². The summed E-state index contributed by atoms with van der Waals surface area (Å²) in [6, 6.07) is 0. The van der Waals surface area contributed by atoms with Gasteiger partial charge in [0.1, 0.15) is 6.61 Å². The van der Waals surface area contributed by atoms with E-state index in [-0.39, 0.29) is 18.4 Å². The molecular formula is C14H22N4O2. The molecule has 1 saturated heterocycles. The van der Waals surface area contributed by atoms with Gasteiger partial charge in [-0.2, -0.15) is 5.10 Å². The molecule has 1 amide bonds. The van der Waals surface area contributed by atoms with Gasteiger partial charge in [0.25, 0.3) is 0 Å². The molecule has 2 fully saturated rings. The standard InChI is InChI=1S/C14H22N4O2/c15-12-7-16-17-14(12)10-5-6-18(8-10)13(19)9-20-11-3-1-2-4-11/h7,10-11H,1-6,8-9,15H2,(H,16,17). The number of rotatable bonds is 4. The predicted octanol–water partition coefficient (Wildman–Crippen LogP) is 1.27. The highest BCUT2D eigenvalue weighted by Crippen LogP contribution is 2.29. The van der Waals surface area contributed by atoms with Gasteiger partial charge in [0.2, 0.25) is 5.91 Å². The summed E-state index contributed by atoms with van der Waals surface area (Å²) < 4.78 is 5.69. The van der Waals surface area contributed by atoms with Crippen LogP contribution in [-0.4, -0.2) is 46.8 Å². The summed E-state index contributed by atoms with van der Waals surface area (Å²) in [5, 5.41) is 6.89. The zero-order valence-electron chi connectivity index (χ0n) is 11.7. The number of likely N-dealkylation sites (tertiary alicyclic amines) is 1. The third kappa shape index (κ3) is 2.80. The third-order valence-electron chi connectivity index (χ3n) is 4.39. The smallest absolute Gasteiger partial charge is 0.248 e. The Morgan fingerprint density at radius 3 is 2.95 bits per heavy atom. The van der Waals surface area contributed by atoms with E-state index in [4.69, 9.17) is 10.5 Å². The molecule has 3 N–H and O–H groups in total. The van der Waals surface area contributed by atoms with Gasteiger partial charge >= 0.3 is 0 Å². The summed E-state index contributed by atoms with van der Waals surface area (Å²) in [5.74, 6) is 0.366. The minimum absolute atomic E-state index is 0.0949. The molecule has 0 bridgehead atoms. The number of hydrogen-bond donors (Lipinski definition) is 2. The van der Waals surface area contributed by atoms with Crippen LogP contribution in [0.1, 0.15) is 43.7 Å². The molecule has 1 unspecified atom stereocenters. The molecule has 1 saturated carbocycles. The maximum atomic E-state index is 12.1. The Morgan fingerprint density at radius 1 is 1.45 bits per heavy atom. The van der Waals surface area contributed by atoms with E-state index in [1.807, 2.05) is 4.90 Å². The van der Waals surface area contributed by atoms with Gasteiger partial charge in [0, 0.05) is 19.0 Å². The van der Waals surface area contributed by atoms with Crippen LogP contribution in [0.3, 0.4) is 0 Å². The molecular weight excluding hydrogens is 256 g/mol. The van der Waals surface area contributed by atoms with Crippen LogP contribution in [-0.2, 0) is 9.53 Å². The third-order valence-corrected chi connectivity index (χ3v) is 4.39. The van der Waals surface area contributed by atoms with Crippen molar-refractivity contribution in [2.45, 2.75) is 44.1 Å². The van der Waals surface area contributed by atoms with Crippen LogP contribution in [0.2, 0.25) is 0 Å². The summed E-state index contributed by atoms with van der Waals surface area (Å²) in [7, 11) is 0. The molecule has 0 aromatic carbocycles. The van der Waals surface area contributed by atoms with Gasteiger partial charge in [0.15, 0.2) is 0 Å². The zero-order chi connectivity index (χ0) is 13.9. The zero-order valence-corrected chi connectivity index (χ0v) is 11.7. The van der Waals surface area contributed by atoms with Crippen molar-refractivity contribution in [1.29, 1.82) is 0 Å². The minimum Gasteiger partial charge on any atom is -0.396 e. The lowest BCUT2D eigenvalue weighted by molar-refractivity contribution is -0.137. The number of nitrogen functional groups attached to an aromatic ring is 1. The molecule has 1 aromatic rings. The van der Waals surface area contributed by atoms with Crippen LogP contribution in [0.15, 0.2) is 6.20 Å². The van der Waals surface area contributed by atoms with E-state index in [0.29, 0.717) is 18.3 Å². The molecule has 20 heavy (non-hydrogen) atoms. The van der Waals surface area contributed by atoms with E-state index in [9.17, 15) is 4.79 Å². The van der Waals surface area contributed by atoms with E-state index in [2.05, 4.69) is 10.2 Å². The fraction of sp³-hybridized carbons (Fsp3) is 0.714. The Bertz CT molecular complexity index is 467. The molecule has 0 radical (unpaired) electrons. The molecule has 110 valence electrons. The van der Waals surface area contributed by atoms with Gasteiger partial charge < -0.3 is 15.4 Å². The number of aromatic nitrogens is 2. The van der Waals surface area contributed by atoms with Crippen molar-refractivity contribution in [2.75, 3.05) is 25.4 Å². The van der Waals surface area contributed by atoms with Gasteiger partial charge in [-0.05, 0) is 19.3 Å². The molecule has 2 aliphatic rings. The lowest BCUT2D eigenvalue weighted by Crippen LogP contribution is -2.33. The lowest BCUT2D eigenvalue weighted by atomic mass is 10.0. The van der Waals surface area contributed by atoms with Crippen molar-refractivity contribution in [3.63, 3.8) is 0 Å². The number of hydrogen-bond acceptors (Lipinski definition) is 4. The number of nitrogens with zero attached hydrogens (tertiary/aromatic N) is 2. The fourth-order valence-electron chi connectivity index (χ4n) is 3.19. The number of nitrogens with one attached hydrogen (secondary N) is 1. The van der Waals surface area contributed by atoms with Crippen molar-refractivity contribution in [3.05, 3.63) is 11.9 Å². The maximum Gasteiger partial charge on any atom is 0.248 e. The van der Waals surface area contributed by atoms with Crippen molar-refractivity contribution in [2.24, 2.45) is 0 Å². The first-order chi connectivity index (χ1) is 9.74. The average Bonchev–Trinajstić information content (AvgIpc) is 3.16. The van der Waals surface area contributed by atoms with Crippen LogP contribution >= 0.6 is 0 Å². The van der Waals surface area contributed by atoms with Crippen LogP contribution < -0.4 is 5.73 Å². The molecule has 0 spiro atoms. The molecule has 6 nitrogen and oxygen atoms in total. The van der Waals surface area contributed by atoms with Crippen molar-refractivity contribution >= 4 is 11.6 Å².